The van der Waals surface area contributed by atoms with Gasteiger partial charge in [0, 0.05) is 10.6 Å². The number of hydrogen-bond donors (Lipinski definition) is 1. The van der Waals surface area contributed by atoms with Crippen LogP contribution in [0.2, 0.25) is 0 Å². The normalized spacial score (nSPS) is 13.2. The molecule has 100 valence electrons. The fourth-order valence-electron chi connectivity index (χ4n) is 1.00. The van der Waals surface area contributed by atoms with Crippen molar-refractivity contribution in [2.24, 2.45) is 0 Å². The minimum Gasteiger partial charge on any atom is -0.325 e. The largest absolute Gasteiger partial charge is 0.342 e. The Morgan fingerprint density at radius 3 is 2.39 bits per heavy atom. The van der Waals surface area contributed by atoms with Crippen LogP contribution in [0.1, 0.15) is 0 Å². The number of anilines is 1. The van der Waals surface area contributed by atoms with Crippen molar-refractivity contribution in [1.29, 1.82) is 0 Å². The fourth-order valence-corrected chi connectivity index (χ4v) is 1.88. The van der Waals surface area contributed by atoms with Gasteiger partial charge in [0.1, 0.15) is 5.88 Å². The van der Waals surface area contributed by atoms with E-state index in [1.807, 2.05) is 0 Å². The molecule has 0 aliphatic rings. The van der Waals surface area contributed by atoms with Gasteiger partial charge in [0.05, 0.1) is 0 Å². The van der Waals surface area contributed by atoms with Crippen LogP contribution in [0.4, 0.5) is 18.9 Å². The molecule has 0 spiro atoms. The highest BCUT2D eigenvalue weighted by Crippen LogP contribution is 2.41. The predicted octanol–water partition coefficient (Wildman–Crippen LogP) is 4.08. The van der Waals surface area contributed by atoms with E-state index < -0.39 is 16.8 Å². The van der Waals surface area contributed by atoms with Crippen LogP contribution in [-0.2, 0) is 4.79 Å². The van der Waals surface area contributed by atoms with Gasteiger partial charge in [-0.15, -0.1) is 11.6 Å². The monoisotopic (exact) mass is 317 g/mol. The van der Waals surface area contributed by atoms with E-state index in [1.165, 1.54) is 24.3 Å². The molecule has 0 bridgehead atoms. The minimum absolute atomic E-state index is 0.00828. The molecule has 1 amide bonds. The second-order valence-corrected chi connectivity index (χ2v) is 5.04. The van der Waals surface area contributed by atoms with Crippen LogP contribution in [0.25, 0.3) is 0 Å². The Balaban J connectivity index is 2.69. The van der Waals surface area contributed by atoms with Gasteiger partial charge in [0.25, 0.3) is 0 Å². The quantitative estimate of drug-likeness (QED) is 0.655. The number of thioether (sulfide) groups is 1. The molecule has 0 heterocycles. The van der Waals surface area contributed by atoms with Gasteiger partial charge < -0.3 is 5.32 Å². The third-order valence-corrected chi connectivity index (χ3v) is 3.40. The van der Waals surface area contributed by atoms with Crippen LogP contribution in [0.15, 0.2) is 29.2 Å². The molecular formula is C10H8Cl2F3NOS. The summed E-state index contributed by atoms with van der Waals surface area (Å²) in [5.41, 5.74) is -2.35. The first-order chi connectivity index (χ1) is 8.35. The Morgan fingerprint density at radius 2 is 1.94 bits per heavy atom. The third-order valence-electron chi connectivity index (χ3n) is 1.77. The van der Waals surface area contributed by atoms with Crippen molar-refractivity contribution < 1.29 is 18.0 Å². The lowest BCUT2D eigenvalue weighted by Gasteiger charge is -2.15. The molecule has 1 rings (SSSR count). The zero-order valence-electron chi connectivity index (χ0n) is 8.80. The summed E-state index contributed by atoms with van der Waals surface area (Å²) in [6.07, 6.45) is 0. The van der Waals surface area contributed by atoms with Gasteiger partial charge >= 0.3 is 5.25 Å². The van der Waals surface area contributed by atoms with Crippen molar-refractivity contribution in [3.05, 3.63) is 24.3 Å². The molecule has 0 saturated heterocycles. The first-order valence-corrected chi connectivity index (χ1v) is 6.45. The summed E-state index contributed by atoms with van der Waals surface area (Å²) in [6.45, 7) is 0. The zero-order valence-corrected chi connectivity index (χ0v) is 11.1. The molecule has 1 unspecified atom stereocenters. The second-order valence-electron chi connectivity index (χ2n) is 3.17. The number of amides is 1. The fraction of sp³-hybridized carbons (Fsp3) is 0.300. The van der Waals surface area contributed by atoms with Gasteiger partial charge in [-0.05, 0) is 36.0 Å². The summed E-state index contributed by atoms with van der Waals surface area (Å²) in [4.78, 5) is 11.1. The highest BCUT2D eigenvalue weighted by Gasteiger charge is 2.40. The van der Waals surface area contributed by atoms with Crippen LogP contribution in [0.5, 0.6) is 0 Å². The molecule has 0 aliphatic heterocycles. The number of halogens is 5. The molecule has 18 heavy (non-hydrogen) atoms. The smallest absolute Gasteiger partial charge is 0.325 e. The number of carbonyl (C=O) groups is 1. The number of benzene rings is 1. The van der Waals surface area contributed by atoms with Gasteiger partial charge in [-0.3, -0.25) is 4.79 Å². The highest BCUT2D eigenvalue weighted by molar-refractivity contribution is 8.00. The van der Waals surface area contributed by atoms with Gasteiger partial charge in [-0.1, -0.05) is 11.6 Å². The van der Waals surface area contributed by atoms with Crippen molar-refractivity contribution in [2.75, 3.05) is 11.2 Å². The first kappa shape index (κ1) is 15.5. The Morgan fingerprint density at radius 1 is 1.39 bits per heavy atom. The highest BCUT2D eigenvalue weighted by atomic mass is 35.5. The third kappa shape index (κ3) is 4.59. The average molecular weight is 318 g/mol. The van der Waals surface area contributed by atoms with Crippen molar-refractivity contribution in [3.63, 3.8) is 0 Å². The van der Waals surface area contributed by atoms with Crippen LogP contribution in [0, 0.1) is 0 Å². The maximum Gasteiger partial charge on any atom is 0.342 e. The zero-order chi connectivity index (χ0) is 13.8. The van der Waals surface area contributed by atoms with Crippen LogP contribution in [0.3, 0.4) is 0 Å². The predicted molar refractivity (Wildman–Crippen MR) is 67.3 cm³/mol. The molecule has 1 atom stereocenters. The van der Waals surface area contributed by atoms with E-state index in [4.69, 9.17) is 23.2 Å². The molecule has 0 aromatic heterocycles. The molecule has 1 N–H and O–H groups in total. The molecule has 1 aromatic rings. The van der Waals surface area contributed by atoms with Gasteiger partial charge in [0.15, 0.2) is 0 Å². The standard InChI is InChI=1S/C10H8Cl2F3NOS/c11-5-8(17)16-6-1-3-7(4-2-6)18-10(14,15)9(12)13/h1-4,9H,5H2,(H,16,17). The van der Waals surface area contributed by atoms with E-state index in [-0.39, 0.29) is 22.5 Å². The lowest BCUT2D eigenvalue weighted by molar-refractivity contribution is -0.113. The molecule has 0 fully saturated rings. The van der Waals surface area contributed by atoms with Crippen molar-refractivity contribution in [2.45, 2.75) is 15.8 Å². The van der Waals surface area contributed by atoms with E-state index in [0.717, 1.165) is 0 Å². The van der Waals surface area contributed by atoms with Gasteiger partial charge in [-0.25, -0.2) is 4.39 Å². The van der Waals surface area contributed by atoms with E-state index >= 15 is 0 Å². The molecule has 0 radical (unpaired) electrons. The lowest BCUT2D eigenvalue weighted by atomic mass is 10.3. The number of carbonyl (C=O) groups excluding carboxylic acids is 1. The molecule has 2 nitrogen and oxygen atoms in total. The van der Waals surface area contributed by atoms with Crippen LogP contribution < -0.4 is 5.32 Å². The molecule has 1 aromatic carbocycles. The number of hydrogen-bond acceptors (Lipinski definition) is 2. The number of rotatable bonds is 5. The second kappa shape index (κ2) is 6.54. The van der Waals surface area contributed by atoms with Gasteiger partial charge in [0.2, 0.25) is 11.5 Å². The van der Waals surface area contributed by atoms with Crippen molar-refractivity contribution >= 4 is 46.6 Å². The molecule has 0 saturated carbocycles. The van der Waals surface area contributed by atoms with Crippen LogP contribution >= 0.6 is 35.0 Å². The van der Waals surface area contributed by atoms with E-state index in [2.05, 4.69) is 5.32 Å². The van der Waals surface area contributed by atoms with E-state index in [1.54, 1.807) is 0 Å². The Kier molecular flexibility index (Phi) is 5.62. The van der Waals surface area contributed by atoms with E-state index in [9.17, 15) is 18.0 Å². The Bertz CT molecular complexity index is 414. The van der Waals surface area contributed by atoms with Gasteiger partial charge in [-0.2, -0.15) is 8.78 Å². The molecular weight excluding hydrogens is 310 g/mol. The lowest BCUT2D eigenvalue weighted by Crippen LogP contribution is -2.20. The molecule has 8 heteroatoms. The minimum atomic E-state index is -3.71. The maximum absolute atomic E-state index is 13.0. The molecule has 0 aliphatic carbocycles. The number of alkyl halides is 5. The summed E-state index contributed by atoms with van der Waals surface area (Å²) in [5.74, 6) is -0.614. The summed E-state index contributed by atoms with van der Waals surface area (Å²) in [7, 11) is 0. The number of nitrogens with one attached hydrogen (secondary N) is 1. The van der Waals surface area contributed by atoms with Crippen molar-refractivity contribution in [3.8, 4) is 0 Å². The van der Waals surface area contributed by atoms with E-state index in [0.29, 0.717) is 5.69 Å². The topological polar surface area (TPSA) is 29.1 Å². The van der Waals surface area contributed by atoms with Crippen molar-refractivity contribution in [1.82, 2.24) is 0 Å². The summed E-state index contributed by atoms with van der Waals surface area (Å²) in [5, 5.41) is -1.27. The first-order valence-electron chi connectivity index (χ1n) is 4.66. The summed E-state index contributed by atoms with van der Waals surface area (Å²) < 4.78 is 38.3. The van der Waals surface area contributed by atoms with Crippen LogP contribution in [-0.4, -0.2) is 22.7 Å². The maximum atomic E-state index is 13.0. The summed E-state index contributed by atoms with van der Waals surface area (Å²) >= 11 is 10.0. The Labute approximate surface area is 116 Å². The average Bonchev–Trinajstić information content (AvgIpc) is 2.31. The SMILES string of the molecule is O=C(CCl)Nc1ccc(SC(F)(F)C(F)Cl)cc1. The summed E-state index contributed by atoms with van der Waals surface area (Å²) in [6, 6.07) is 5.46. The Hall–Kier alpha value is -0.590.